The van der Waals surface area contributed by atoms with E-state index in [1.165, 1.54) is 16.8 Å². The van der Waals surface area contributed by atoms with E-state index in [0.29, 0.717) is 0 Å². The van der Waals surface area contributed by atoms with Gasteiger partial charge in [0, 0.05) is 23.7 Å². The molecule has 0 saturated carbocycles. The smallest absolute Gasteiger partial charge is 0.144 e. The third-order valence-electron chi connectivity index (χ3n) is 4.84. The molecule has 4 rings (SSSR count). The highest BCUT2D eigenvalue weighted by molar-refractivity contribution is 5.93. The van der Waals surface area contributed by atoms with Crippen LogP contribution in [0, 0.1) is 6.92 Å². The lowest BCUT2D eigenvalue weighted by Gasteiger charge is -2.21. The Morgan fingerprint density at radius 1 is 1.17 bits per heavy atom. The fourth-order valence-electron chi connectivity index (χ4n) is 3.48. The second-order valence-corrected chi connectivity index (χ2v) is 6.25. The number of hydrogen-bond acceptors (Lipinski definition) is 4. The Morgan fingerprint density at radius 3 is 2.83 bits per heavy atom. The summed E-state index contributed by atoms with van der Waals surface area (Å²) in [6.07, 6.45) is 3.75. The number of methoxy groups -OCH3 is 1. The maximum atomic E-state index is 5.43. The number of ether oxygens (including phenoxy) is 1. The van der Waals surface area contributed by atoms with E-state index in [0.717, 1.165) is 47.4 Å². The molecule has 1 aromatic heterocycles. The zero-order valence-corrected chi connectivity index (χ0v) is 14.3. The van der Waals surface area contributed by atoms with Gasteiger partial charge in [0.25, 0.3) is 0 Å². The lowest BCUT2D eigenvalue weighted by molar-refractivity contribution is 0.412. The Bertz CT molecular complexity index is 920. The van der Waals surface area contributed by atoms with Crippen molar-refractivity contribution in [2.45, 2.75) is 26.7 Å². The molecule has 0 radical (unpaired) electrons. The van der Waals surface area contributed by atoms with Gasteiger partial charge in [-0.2, -0.15) is 0 Å². The van der Waals surface area contributed by atoms with Crippen LogP contribution in [0.2, 0.25) is 0 Å². The predicted octanol–water partition coefficient (Wildman–Crippen LogP) is 4.20. The Labute approximate surface area is 142 Å². The molecular formula is C20H21N3O. The normalized spacial score (nSPS) is 13.4. The van der Waals surface area contributed by atoms with E-state index < -0.39 is 0 Å². The van der Waals surface area contributed by atoms with E-state index in [1.807, 2.05) is 6.07 Å². The molecule has 1 aliphatic rings. The van der Waals surface area contributed by atoms with Crippen LogP contribution in [0.1, 0.15) is 23.6 Å². The molecule has 2 aromatic carbocycles. The van der Waals surface area contributed by atoms with Crippen molar-refractivity contribution in [3.63, 3.8) is 0 Å². The Hall–Kier alpha value is -2.62. The van der Waals surface area contributed by atoms with E-state index in [-0.39, 0.29) is 0 Å². The highest BCUT2D eigenvalue weighted by Gasteiger charge is 2.23. The molecule has 4 heteroatoms. The molecule has 0 saturated heterocycles. The molecule has 3 aromatic rings. The fraction of sp³-hybridized carbons (Fsp3) is 0.300. The molecule has 0 N–H and O–H groups in total. The monoisotopic (exact) mass is 319 g/mol. The van der Waals surface area contributed by atoms with Gasteiger partial charge in [0.1, 0.15) is 17.9 Å². The summed E-state index contributed by atoms with van der Waals surface area (Å²) in [6, 6.07) is 10.9. The second kappa shape index (κ2) is 5.78. The van der Waals surface area contributed by atoms with Crippen LogP contribution in [0.4, 0.5) is 11.5 Å². The van der Waals surface area contributed by atoms with Crippen LogP contribution in [-0.2, 0) is 12.8 Å². The van der Waals surface area contributed by atoms with Crippen LogP contribution in [-0.4, -0.2) is 23.6 Å². The van der Waals surface area contributed by atoms with Crippen LogP contribution in [0.25, 0.3) is 10.9 Å². The SMILES string of the molecule is CCc1ccc2c(c1)N(c1ncnc3cc(OC)c(C)cc13)CC2. The number of benzene rings is 2. The maximum absolute atomic E-state index is 5.43. The third-order valence-corrected chi connectivity index (χ3v) is 4.84. The van der Waals surface area contributed by atoms with Crippen molar-refractivity contribution in [3.8, 4) is 5.75 Å². The number of anilines is 2. The Morgan fingerprint density at radius 2 is 2.04 bits per heavy atom. The van der Waals surface area contributed by atoms with E-state index in [2.05, 4.69) is 53.0 Å². The van der Waals surface area contributed by atoms with Gasteiger partial charge in [-0.15, -0.1) is 0 Å². The minimum atomic E-state index is 0.863. The molecule has 24 heavy (non-hydrogen) atoms. The van der Waals surface area contributed by atoms with E-state index in [4.69, 9.17) is 4.74 Å². The number of hydrogen-bond donors (Lipinski definition) is 0. The van der Waals surface area contributed by atoms with Gasteiger partial charge in [0.15, 0.2) is 0 Å². The van der Waals surface area contributed by atoms with Crippen molar-refractivity contribution in [2.75, 3.05) is 18.6 Å². The van der Waals surface area contributed by atoms with Crippen LogP contribution >= 0.6 is 0 Å². The van der Waals surface area contributed by atoms with E-state index >= 15 is 0 Å². The highest BCUT2D eigenvalue weighted by Crippen LogP contribution is 2.38. The van der Waals surface area contributed by atoms with E-state index in [1.54, 1.807) is 13.4 Å². The van der Waals surface area contributed by atoms with Crippen LogP contribution < -0.4 is 9.64 Å². The molecule has 0 fully saturated rings. The number of nitrogens with zero attached hydrogens (tertiary/aromatic N) is 3. The summed E-state index contributed by atoms with van der Waals surface area (Å²) in [4.78, 5) is 11.4. The molecule has 4 nitrogen and oxygen atoms in total. The average Bonchev–Trinajstić information content (AvgIpc) is 3.03. The minimum absolute atomic E-state index is 0.863. The Kier molecular flexibility index (Phi) is 3.60. The number of aryl methyl sites for hydroxylation is 2. The fourth-order valence-corrected chi connectivity index (χ4v) is 3.48. The maximum Gasteiger partial charge on any atom is 0.144 e. The molecule has 0 unspecified atom stereocenters. The van der Waals surface area contributed by atoms with E-state index in [9.17, 15) is 0 Å². The van der Waals surface area contributed by atoms with Crippen LogP contribution in [0.15, 0.2) is 36.7 Å². The van der Waals surface area contributed by atoms with Gasteiger partial charge in [0.05, 0.1) is 12.6 Å². The molecule has 0 aliphatic carbocycles. The average molecular weight is 319 g/mol. The zero-order chi connectivity index (χ0) is 16.7. The van der Waals surface area contributed by atoms with Crippen molar-refractivity contribution in [1.82, 2.24) is 9.97 Å². The van der Waals surface area contributed by atoms with Crippen molar-refractivity contribution in [2.24, 2.45) is 0 Å². The first-order valence-corrected chi connectivity index (χ1v) is 8.40. The first-order chi connectivity index (χ1) is 11.7. The largest absolute Gasteiger partial charge is 0.496 e. The quantitative estimate of drug-likeness (QED) is 0.725. The van der Waals surface area contributed by atoms with Crippen LogP contribution in [0.3, 0.4) is 0 Å². The molecule has 1 aliphatic heterocycles. The van der Waals surface area contributed by atoms with Gasteiger partial charge >= 0.3 is 0 Å². The van der Waals surface area contributed by atoms with Crippen molar-refractivity contribution < 1.29 is 4.74 Å². The molecule has 0 amide bonds. The number of aromatic nitrogens is 2. The highest BCUT2D eigenvalue weighted by atomic mass is 16.5. The topological polar surface area (TPSA) is 38.2 Å². The predicted molar refractivity (Wildman–Crippen MR) is 97.4 cm³/mol. The van der Waals surface area contributed by atoms with Gasteiger partial charge in [0.2, 0.25) is 0 Å². The number of fused-ring (bicyclic) bond motifs is 2. The van der Waals surface area contributed by atoms with Crippen molar-refractivity contribution in [1.29, 1.82) is 0 Å². The summed E-state index contributed by atoms with van der Waals surface area (Å²) in [5.41, 5.74) is 6.05. The first kappa shape index (κ1) is 14.9. The standard InChI is InChI=1S/C20H21N3O/c1-4-14-5-6-15-7-8-23(18(15)10-14)20-16-9-13(2)19(24-3)11-17(16)21-12-22-20/h5-6,9-12H,4,7-8H2,1-3H3. The number of rotatable bonds is 3. The molecular weight excluding hydrogens is 298 g/mol. The van der Waals surface area contributed by atoms with Gasteiger partial charge < -0.3 is 9.64 Å². The third kappa shape index (κ3) is 2.30. The summed E-state index contributed by atoms with van der Waals surface area (Å²) in [5.74, 6) is 1.85. The summed E-state index contributed by atoms with van der Waals surface area (Å²) < 4.78 is 5.43. The summed E-state index contributed by atoms with van der Waals surface area (Å²) in [6.45, 7) is 5.21. The lowest BCUT2D eigenvalue weighted by atomic mass is 10.1. The minimum Gasteiger partial charge on any atom is -0.496 e. The second-order valence-electron chi connectivity index (χ2n) is 6.25. The molecule has 0 bridgehead atoms. The molecule has 0 spiro atoms. The summed E-state index contributed by atoms with van der Waals surface area (Å²) in [7, 11) is 1.69. The van der Waals surface area contributed by atoms with Gasteiger partial charge in [-0.25, -0.2) is 9.97 Å². The van der Waals surface area contributed by atoms with Gasteiger partial charge in [-0.3, -0.25) is 0 Å². The summed E-state index contributed by atoms with van der Waals surface area (Å²) >= 11 is 0. The lowest BCUT2D eigenvalue weighted by Crippen LogP contribution is -2.15. The first-order valence-electron chi connectivity index (χ1n) is 8.40. The van der Waals surface area contributed by atoms with Crippen molar-refractivity contribution >= 4 is 22.4 Å². The summed E-state index contributed by atoms with van der Waals surface area (Å²) in [5, 5.41) is 1.07. The molecule has 2 heterocycles. The molecule has 0 atom stereocenters. The van der Waals surface area contributed by atoms with Crippen molar-refractivity contribution in [3.05, 3.63) is 53.3 Å². The Balaban J connectivity index is 1.88. The van der Waals surface area contributed by atoms with Gasteiger partial charge in [-0.1, -0.05) is 19.1 Å². The van der Waals surface area contributed by atoms with Crippen LogP contribution in [0.5, 0.6) is 5.75 Å². The van der Waals surface area contributed by atoms with Gasteiger partial charge in [-0.05, 0) is 48.6 Å². The zero-order valence-electron chi connectivity index (χ0n) is 14.3. The molecule has 122 valence electrons.